The molecule has 136 valence electrons. The van der Waals surface area contributed by atoms with Crippen molar-refractivity contribution in [2.45, 2.75) is 5.03 Å². The van der Waals surface area contributed by atoms with Gasteiger partial charge in [-0.15, -0.1) is 0 Å². The molecule has 26 heavy (non-hydrogen) atoms. The molecule has 3 rings (SSSR count). The molecule has 3 aromatic rings. The number of hydrogen-bond donors (Lipinski definition) is 1. The number of primary amides is 1. The van der Waals surface area contributed by atoms with Gasteiger partial charge in [-0.25, -0.2) is 23.2 Å². The Bertz CT molecular complexity index is 1000. The predicted octanol–water partition coefficient (Wildman–Crippen LogP) is 1.96. The van der Waals surface area contributed by atoms with E-state index < -0.39 is 17.7 Å². The number of benzene rings is 1. The van der Waals surface area contributed by atoms with Crippen molar-refractivity contribution in [2.75, 3.05) is 12.4 Å². The van der Waals surface area contributed by atoms with Crippen LogP contribution in [0, 0.1) is 5.82 Å². The highest BCUT2D eigenvalue weighted by Gasteiger charge is 2.23. The molecule has 0 aliphatic heterocycles. The highest BCUT2D eigenvalue weighted by atomic mass is 79.9. The van der Waals surface area contributed by atoms with E-state index in [2.05, 4.69) is 36.1 Å². The Labute approximate surface area is 156 Å². The standard InChI is InChI=1S/C13H9BrFN5O5S/c14-7-5-6(1-2-8(7)15)20-10(18-24-13(20)22)9-11(19-25-17-9)26-4-3-23-12(16)21/h1-2,5H,3-4H2,(H2,16,21). The SMILES string of the molecule is NC(=O)OCCSc1nonc1-c1noc(=O)n1-c1ccc(F)c(Br)c1. The van der Waals surface area contributed by atoms with Crippen LogP contribution in [0.15, 0.2) is 41.6 Å². The zero-order valence-corrected chi connectivity index (χ0v) is 15.1. The van der Waals surface area contributed by atoms with Gasteiger partial charge < -0.3 is 10.5 Å². The van der Waals surface area contributed by atoms with Crippen molar-refractivity contribution in [2.24, 2.45) is 5.73 Å². The molecule has 0 bridgehead atoms. The third-order valence-corrected chi connectivity index (χ3v) is 4.52. The minimum Gasteiger partial charge on any atom is -0.449 e. The maximum Gasteiger partial charge on any atom is 0.446 e. The second kappa shape index (κ2) is 7.70. The van der Waals surface area contributed by atoms with E-state index in [0.29, 0.717) is 16.5 Å². The Kier molecular flexibility index (Phi) is 5.37. The Morgan fingerprint density at radius 2 is 2.19 bits per heavy atom. The number of amides is 1. The van der Waals surface area contributed by atoms with E-state index in [1.54, 1.807) is 0 Å². The Morgan fingerprint density at radius 1 is 1.38 bits per heavy atom. The molecule has 0 aliphatic rings. The summed E-state index contributed by atoms with van der Waals surface area (Å²) in [4.78, 5) is 22.6. The molecule has 2 N–H and O–H groups in total. The number of nitrogens with two attached hydrogens (primary N) is 1. The number of halogens is 2. The zero-order chi connectivity index (χ0) is 18.7. The smallest absolute Gasteiger partial charge is 0.446 e. The number of nitrogens with zero attached hydrogens (tertiary/aromatic N) is 4. The van der Waals surface area contributed by atoms with E-state index >= 15 is 0 Å². The molecule has 0 fully saturated rings. The van der Waals surface area contributed by atoms with Crippen LogP contribution in [0.5, 0.6) is 0 Å². The van der Waals surface area contributed by atoms with Gasteiger partial charge in [0.15, 0.2) is 10.7 Å². The van der Waals surface area contributed by atoms with Crippen molar-refractivity contribution in [3.8, 4) is 17.2 Å². The van der Waals surface area contributed by atoms with Crippen LogP contribution in [0.2, 0.25) is 0 Å². The predicted molar refractivity (Wildman–Crippen MR) is 89.3 cm³/mol. The first kappa shape index (κ1) is 18.1. The summed E-state index contributed by atoms with van der Waals surface area (Å²) in [5.74, 6) is -0.954. The molecule has 10 nitrogen and oxygen atoms in total. The number of hydrogen-bond acceptors (Lipinski definition) is 9. The molecule has 0 saturated carbocycles. The van der Waals surface area contributed by atoms with Crippen molar-refractivity contribution < 1.29 is 23.1 Å². The van der Waals surface area contributed by atoms with Crippen molar-refractivity contribution in [3.05, 3.63) is 39.0 Å². The number of ether oxygens (including phenoxy) is 1. The van der Waals surface area contributed by atoms with Gasteiger partial charge in [0.05, 0.1) is 10.2 Å². The second-order valence-electron chi connectivity index (χ2n) is 4.64. The van der Waals surface area contributed by atoms with Gasteiger partial charge in [-0.05, 0) is 44.4 Å². The summed E-state index contributed by atoms with van der Waals surface area (Å²) in [6, 6.07) is 3.95. The van der Waals surface area contributed by atoms with Gasteiger partial charge in [-0.3, -0.25) is 4.52 Å². The first-order chi connectivity index (χ1) is 12.5. The lowest BCUT2D eigenvalue weighted by atomic mass is 10.3. The van der Waals surface area contributed by atoms with Gasteiger partial charge in [0.1, 0.15) is 12.4 Å². The van der Waals surface area contributed by atoms with E-state index in [-0.39, 0.29) is 22.6 Å². The molecule has 0 saturated heterocycles. The van der Waals surface area contributed by atoms with E-state index in [1.807, 2.05) is 0 Å². The fourth-order valence-electron chi connectivity index (χ4n) is 1.94. The van der Waals surface area contributed by atoms with Crippen LogP contribution < -0.4 is 11.5 Å². The fraction of sp³-hybridized carbons (Fsp3) is 0.154. The molecule has 2 heterocycles. The summed E-state index contributed by atoms with van der Waals surface area (Å²) in [6.45, 7) is 0.0445. The lowest BCUT2D eigenvalue weighted by Crippen LogP contribution is -2.14. The third-order valence-electron chi connectivity index (χ3n) is 3.00. The quantitative estimate of drug-likeness (QED) is 0.445. The molecule has 0 aliphatic carbocycles. The summed E-state index contributed by atoms with van der Waals surface area (Å²) < 4.78 is 28.7. The van der Waals surface area contributed by atoms with Gasteiger partial charge in [0.25, 0.3) is 0 Å². The average molecular weight is 446 g/mol. The van der Waals surface area contributed by atoms with Crippen molar-refractivity contribution >= 4 is 33.8 Å². The minimum atomic E-state index is -0.892. The van der Waals surface area contributed by atoms with Crippen LogP contribution in [0.4, 0.5) is 9.18 Å². The molecule has 2 aromatic heterocycles. The summed E-state index contributed by atoms with van der Waals surface area (Å²) in [5, 5.41) is 11.4. The Morgan fingerprint density at radius 3 is 2.92 bits per heavy atom. The number of carbonyl (C=O) groups excluding carboxylic acids is 1. The third kappa shape index (κ3) is 3.77. The van der Waals surface area contributed by atoms with Crippen LogP contribution in [0.3, 0.4) is 0 Å². The van der Waals surface area contributed by atoms with Crippen molar-refractivity contribution in [1.82, 2.24) is 20.0 Å². The summed E-state index contributed by atoms with van der Waals surface area (Å²) in [5.41, 5.74) is 5.32. The Balaban J connectivity index is 1.92. The summed E-state index contributed by atoms with van der Waals surface area (Å²) >= 11 is 4.20. The molecular weight excluding hydrogens is 437 g/mol. The van der Waals surface area contributed by atoms with Crippen molar-refractivity contribution in [3.63, 3.8) is 0 Å². The highest BCUT2D eigenvalue weighted by molar-refractivity contribution is 9.10. The molecule has 0 radical (unpaired) electrons. The van der Waals surface area contributed by atoms with Crippen LogP contribution >= 0.6 is 27.7 Å². The van der Waals surface area contributed by atoms with Gasteiger partial charge in [0.2, 0.25) is 5.82 Å². The number of carbonyl (C=O) groups is 1. The minimum absolute atomic E-state index is 0.0214. The topological polar surface area (TPSA) is 139 Å². The summed E-state index contributed by atoms with van der Waals surface area (Å²) in [6.07, 6.45) is -0.892. The van der Waals surface area contributed by atoms with E-state index in [4.69, 9.17) is 14.9 Å². The molecule has 1 amide bonds. The molecule has 1 aromatic carbocycles. The van der Waals surface area contributed by atoms with Crippen LogP contribution in [0.25, 0.3) is 17.2 Å². The van der Waals surface area contributed by atoms with E-state index in [9.17, 15) is 14.0 Å². The largest absolute Gasteiger partial charge is 0.449 e. The molecular formula is C13H9BrFN5O5S. The molecule has 13 heteroatoms. The maximum atomic E-state index is 13.4. The fourth-order valence-corrected chi connectivity index (χ4v) is 3.02. The van der Waals surface area contributed by atoms with Crippen LogP contribution in [-0.2, 0) is 4.74 Å². The van der Waals surface area contributed by atoms with Gasteiger partial charge >= 0.3 is 11.8 Å². The molecule has 0 spiro atoms. The summed E-state index contributed by atoms with van der Waals surface area (Å²) in [7, 11) is 0. The van der Waals surface area contributed by atoms with Gasteiger partial charge in [0, 0.05) is 5.75 Å². The lowest BCUT2D eigenvalue weighted by Gasteiger charge is -2.04. The first-order valence-electron chi connectivity index (χ1n) is 6.89. The highest BCUT2D eigenvalue weighted by Crippen LogP contribution is 2.28. The number of aromatic nitrogens is 4. The molecule has 0 atom stereocenters. The monoisotopic (exact) mass is 445 g/mol. The van der Waals surface area contributed by atoms with Gasteiger partial charge in [-0.1, -0.05) is 16.9 Å². The second-order valence-corrected chi connectivity index (χ2v) is 6.58. The van der Waals surface area contributed by atoms with Crippen LogP contribution in [-0.4, -0.2) is 38.5 Å². The van der Waals surface area contributed by atoms with E-state index in [1.165, 1.54) is 18.2 Å². The molecule has 0 unspecified atom stereocenters. The van der Waals surface area contributed by atoms with E-state index in [0.717, 1.165) is 16.3 Å². The van der Waals surface area contributed by atoms with Gasteiger partial charge in [-0.2, -0.15) is 0 Å². The van der Waals surface area contributed by atoms with Crippen molar-refractivity contribution in [1.29, 1.82) is 0 Å². The van der Waals surface area contributed by atoms with Crippen LogP contribution in [0.1, 0.15) is 0 Å². The number of rotatable bonds is 6. The number of thioether (sulfide) groups is 1. The lowest BCUT2D eigenvalue weighted by molar-refractivity contribution is 0.164. The maximum absolute atomic E-state index is 13.4. The normalized spacial score (nSPS) is 10.8. The Hall–Kier alpha value is -2.67. The average Bonchev–Trinajstić information content (AvgIpc) is 3.20. The zero-order valence-electron chi connectivity index (χ0n) is 12.7. The first-order valence-corrected chi connectivity index (χ1v) is 8.67.